The molecule has 0 radical (unpaired) electrons. The van der Waals surface area contributed by atoms with E-state index in [1.54, 1.807) is 0 Å². The van der Waals surface area contributed by atoms with Crippen LogP contribution in [0, 0.1) is 5.92 Å². The zero-order valence-electron chi connectivity index (χ0n) is 22.1. The van der Waals surface area contributed by atoms with E-state index in [0.717, 1.165) is 49.5 Å². The van der Waals surface area contributed by atoms with Crippen LogP contribution in [0.1, 0.15) is 76.8 Å². The van der Waals surface area contributed by atoms with Crippen molar-refractivity contribution in [2.45, 2.75) is 66.0 Å². The lowest BCUT2D eigenvalue weighted by Gasteiger charge is -2.25. The average Bonchev–Trinajstić information content (AvgIpc) is 3.59. The molecule has 4 heterocycles. The van der Waals surface area contributed by atoms with Crippen molar-refractivity contribution in [1.29, 1.82) is 0 Å². The van der Waals surface area contributed by atoms with Crippen LogP contribution in [0.4, 0.5) is 9.80 Å². The molecule has 1 aliphatic carbocycles. The van der Waals surface area contributed by atoms with Gasteiger partial charge in [0.2, 0.25) is 0 Å². The number of nitrogens with zero attached hydrogens (tertiary/aromatic N) is 2. The topological polar surface area (TPSA) is 75.6 Å². The number of likely N-dealkylation sites (N-methyl/N-ethyl adjacent to an activating group) is 1. The number of fused-ring (bicyclic) bond motifs is 2. The van der Waals surface area contributed by atoms with Gasteiger partial charge < -0.3 is 14.6 Å². The Morgan fingerprint density at radius 2 is 1.92 bits per heavy atom. The van der Waals surface area contributed by atoms with E-state index in [0.29, 0.717) is 35.6 Å². The molecule has 5 rings (SSSR count). The number of hydrogen-bond donors (Lipinski definition) is 2. The largest absolute Gasteiger partial charge is 0.462 e. The van der Waals surface area contributed by atoms with E-state index in [4.69, 9.17) is 4.74 Å². The average molecular weight is 541 g/mol. The predicted octanol–water partition coefficient (Wildman–Crippen LogP) is 6.16. The fourth-order valence-corrected chi connectivity index (χ4v) is 8.34. The first-order valence-electron chi connectivity index (χ1n) is 13.3. The third-order valence-electron chi connectivity index (χ3n) is 7.44. The molecule has 0 saturated heterocycles. The number of anilines is 1. The Morgan fingerprint density at radius 1 is 1.14 bits per heavy atom. The van der Waals surface area contributed by atoms with Crippen molar-refractivity contribution in [2.24, 2.45) is 5.92 Å². The SMILES string of the molecule is CCOC(=O)c1c(NC(=O)NCc2c(-n3cccc3)sc3c2CCN(CC)C3)sc2c1CC(C)CC2C. The number of nitrogens with one attached hydrogen (secondary N) is 2. The minimum atomic E-state index is -0.348. The molecular weight excluding hydrogens is 504 g/mol. The van der Waals surface area contributed by atoms with Crippen LogP contribution in [-0.2, 0) is 30.7 Å². The van der Waals surface area contributed by atoms with Crippen molar-refractivity contribution in [3.05, 3.63) is 56.5 Å². The fourth-order valence-electron chi connectivity index (χ4n) is 5.69. The third kappa shape index (κ3) is 5.22. The van der Waals surface area contributed by atoms with Gasteiger partial charge in [0.1, 0.15) is 10.0 Å². The van der Waals surface area contributed by atoms with Crippen LogP contribution in [0.25, 0.3) is 5.00 Å². The maximum Gasteiger partial charge on any atom is 0.341 e. The van der Waals surface area contributed by atoms with Gasteiger partial charge in [-0.25, -0.2) is 9.59 Å². The lowest BCUT2D eigenvalue weighted by atomic mass is 9.82. The van der Waals surface area contributed by atoms with Crippen LogP contribution in [0.2, 0.25) is 0 Å². The molecule has 198 valence electrons. The molecule has 0 spiro atoms. The molecular formula is C28H36N4O3S2. The standard InChI is InChI=1S/C28H36N4O3S2/c1-5-31-12-9-19-21(26(36-22(19)16-31)32-10-7-8-11-32)15-29-28(34)30-25-23(27(33)35-6-2)20-14-17(3)13-18(4)24(20)37-25/h7-8,10-11,17-18H,5-6,9,12-16H2,1-4H3,(H2,29,30,34). The van der Waals surface area contributed by atoms with Crippen molar-refractivity contribution in [2.75, 3.05) is 25.0 Å². The number of hydrogen-bond acceptors (Lipinski definition) is 6. The van der Waals surface area contributed by atoms with Gasteiger partial charge in [-0.3, -0.25) is 10.2 Å². The zero-order valence-corrected chi connectivity index (χ0v) is 23.7. The first-order chi connectivity index (χ1) is 17.9. The van der Waals surface area contributed by atoms with Crippen LogP contribution in [0.3, 0.4) is 0 Å². The zero-order chi connectivity index (χ0) is 26.1. The van der Waals surface area contributed by atoms with Crippen molar-refractivity contribution >= 4 is 39.7 Å². The summed E-state index contributed by atoms with van der Waals surface area (Å²) in [5.74, 6) is 0.506. The van der Waals surface area contributed by atoms with E-state index in [1.165, 1.54) is 32.2 Å². The van der Waals surface area contributed by atoms with E-state index in [1.807, 2.05) is 30.4 Å². The normalized spacial score (nSPS) is 19.2. The second-order valence-electron chi connectivity index (χ2n) is 10.1. The van der Waals surface area contributed by atoms with Gasteiger partial charge in [-0.15, -0.1) is 22.7 Å². The first kappa shape index (κ1) is 26.0. The molecule has 9 heteroatoms. The molecule has 2 unspecified atom stereocenters. The summed E-state index contributed by atoms with van der Waals surface area (Å²) in [4.78, 5) is 31.2. The number of aromatic nitrogens is 1. The van der Waals surface area contributed by atoms with Gasteiger partial charge in [-0.05, 0) is 67.8 Å². The fraction of sp³-hybridized carbons (Fsp3) is 0.500. The summed E-state index contributed by atoms with van der Waals surface area (Å²) in [6, 6.07) is 3.76. The molecule has 0 aromatic carbocycles. The Balaban J connectivity index is 1.38. The van der Waals surface area contributed by atoms with E-state index in [9.17, 15) is 9.59 Å². The predicted molar refractivity (Wildman–Crippen MR) is 150 cm³/mol. The number of carbonyl (C=O) groups is 2. The number of ether oxygens (including phenoxy) is 1. The molecule has 0 saturated carbocycles. The first-order valence-corrected chi connectivity index (χ1v) is 14.9. The Bertz CT molecular complexity index is 1280. The number of carbonyl (C=O) groups excluding carboxylic acids is 2. The molecule has 2 amide bonds. The number of amides is 2. The van der Waals surface area contributed by atoms with Crippen LogP contribution in [0.5, 0.6) is 0 Å². The van der Waals surface area contributed by atoms with E-state index in [-0.39, 0.29) is 12.0 Å². The maximum absolute atomic E-state index is 13.2. The Hall–Kier alpha value is -2.62. The van der Waals surface area contributed by atoms with E-state index >= 15 is 0 Å². The van der Waals surface area contributed by atoms with Gasteiger partial charge in [-0.1, -0.05) is 20.8 Å². The smallest absolute Gasteiger partial charge is 0.341 e. The molecule has 1 aliphatic heterocycles. The monoisotopic (exact) mass is 540 g/mol. The summed E-state index contributed by atoms with van der Waals surface area (Å²) in [5.41, 5.74) is 4.13. The summed E-state index contributed by atoms with van der Waals surface area (Å²) in [7, 11) is 0. The summed E-state index contributed by atoms with van der Waals surface area (Å²) >= 11 is 3.34. The second-order valence-corrected chi connectivity index (χ2v) is 12.3. The highest BCUT2D eigenvalue weighted by molar-refractivity contribution is 7.17. The van der Waals surface area contributed by atoms with Crippen molar-refractivity contribution in [3.8, 4) is 5.00 Å². The summed E-state index contributed by atoms with van der Waals surface area (Å²) in [6.45, 7) is 12.2. The van der Waals surface area contributed by atoms with Crippen LogP contribution in [0.15, 0.2) is 24.5 Å². The summed E-state index contributed by atoms with van der Waals surface area (Å²) in [6.07, 6.45) is 7.02. The minimum Gasteiger partial charge on any atom is -0.462 e. The second kappa shape index (κ2) is 11.0. The van der Waals surface area contributed by atoms with Crippen molar-refractivity contribution in [1.82, 2.24) is 14.8 Å². The lowest BCUT2D eigenvalue weighted by molar-refractivity contribution is 0.0526. The van der Waals surface area contributed by atoms with E-state index in [2.05, 4.69) is 53.3 Å². The number of thiophene rings is 2. The maximum atomic E-state index is 13.2. The van der Waals surface area contributed by atoms with Gasteiger partial charge in [-0.2, -0.15) is 0 Å². The van der Waals surface area contributed by atoms with Gasteiger partial charge in [0, 0.05) is 47.3 Å². The Kier molecular flexibility index (Phi) is 7.74. The molecule has 2 N–H and O–H groups in total. The number of urea groups is 1. The van der Waals surface area contributed by atoms with Crippen molar-refractivity contribution < 1.29 is 14.3 Å². The molecule has 2 aliphatic rings. The minimum absolute atomic E-state index is 0.297. The van der Waals surface area contributed by atoms with Crippen LogP contribution < -0.4 is 10.6 Å². The van der Waals surface area contributed by atoms with Crippen LogP contribution >= 0.6 is 22.7 Å². The van der Waals surface area contributed by atoms with Gasteiger partial charge in [0.25, 0.3) is 0 Å². The molecule has 2 atom stereocenters. The molecule has 3 aromatic heterocycles. The molecule has 0 bridgehead atoms. The molecule has 37 heavy (non-hydrogen) atoms. The highest BCUT2D eigenvalue weighted by atomic mass is 32.1. The Labute approximate surface area is 226 Å². The lowest BCUT2D eigenvalue weighted by Crippen LogP contribution is -2.31. The summed E-state index contributed by atoms with van der Waals surface area (Å²) < 4.78 is 7.53. The van der Waals surface area contributed by atoms with Gasteiger partial charge in [0.15, 0.2) is 0 Å². The highest BCUT2D eigenvalue weighted by Crippen LogP contribution is 2.45. The van der Waals surface area contributed by atoms with E-state index < -0.39 is 0 Å². The molecule has 3 aromatic rings. The summed E-state index contributed by atoms with van der Waals surface area (Å²) in [5, 5.41) is 7.86. The highest BCUT2D eigenvalue weighted by Gasteiger charge is 2.32. The van der Waals surface area contributed by atoms with Gasteiger partial charge in [0.05, 0.1) is 12.2 Å². The number of rotatable bonds is 7. The molecule has 7 nitrogen and oxygen atoms in total. The quantitative estimate of drug-likeness (QED) is 0.352. The number of esters is 1. The van der Waals surface area contributed by atoms with Crippen molar-refractivity contribution in [3.63, 3.8) is 0 Å². The van der Waals surface area contributed by atoms with Gasteiger partial charge >= 0.3 is 12.0 Å². The Morgan fingerprint density at radius 3 is 2.65 bits per heavy atom. The molecule has 0 fully saturated rings. The third-order valence-corrected chi connectivity index (χ3v) is 10.1. The van der Waals surface area contributed by atoms with Crippen LogP contribution in [-0.4, -0.2) is 41.2 Å².